The molecule has 0 radical (unpaired) electrons. The second-order valence-electron chi connectivity index (χ2n) is 8.85. The fourth-order valence-electron chi connectivity index (χ4n) is 6.57. The summed E-state index contributed by atoms with van der Waals surface area (Å²) in [5.41, 5.74) is 0.538. The zero-order chi connectivity index (χ0) is 14.8. The molecule has 0 aromatic heterocycles. The van der Waals surface area contributed by atoms with Gasteiger partial charge in [-0.25, -0.2) is 0 Å². The molecule has 0 aromatic carbocycles. The molecule has 3 fully saturated rings. The van der Waals surface area contributed by atoms with Gasteiger partial charge in [0.25, 0.3) is 0 Å². The molecule has 2 N–H and O–H groups in total. The van der Waals surface area contributed by atoms with Gasteiger partial charge in [-0.2, -0.15) is 0 Å². The predicted molar refractivity (Wildman–Crippen MR) is 83.6 cm³/mol. The molecule has 0 spiro atoms. The highest BCUT2D eigenvalue weighted by Crippen LogP contribution is 2.64. The molecule has 0 aromatic rings. The van der Waals surface area contributed by atoms with E-state index in [9.17, 15) is 10.2 Å². The first-order chi connectivity index (χ1) is 9.95. The average molecular weight is 290 g/mol. The Kier molecular flexibility index (Phi) is 3.11. The lowest BCUT2D eigenvalue weighted by Gasteiger charge is -2.58. The van der Waals surface area contributed by atoms with E-state index in [0.717, 1.165) is 25.2 Å². The Hall–Kier alpha value is -0.340. The number of rotatable bonds is 0. The lowest BCUT2D eigenvalue weighted by Crippen LogP contribution is -2.52. The number of aliphatic hydroxyl groups is 2. The molecule has 4 aliphatic carbocycles. The third kappa shape index (κ3) is 1.84. The maximum atomic E-state index is 10.4. The van der Waals surface area contributed by atoms with Crippen LogP contribution >= 0.6 is 0 Å². The Labute approximate surface area is 128 Å². The number of fused-ring (bicyclic) bond motifs is 5. The molecule has 0 bridgehead atoms. The number of hydrogen-bond acceptors (Lipinski definition) is 2. The smallest absolute Gasteiger partial charge is 0.0596 e. The third-order valence-electron chi connectivity index (χ3n) is 8.08. The van der Waals surface area contributed by atoms with Gasteiger partial charge < -0.3 is 10.2 Å². The van der Waals surface area contributed by atoms with Gasteiger partial charge in [-0.1, -0.05) is 26.0 Å². The van der Waals surface area contributed by atoms with Crippen LogP contribution in [0.3, 0.4) is 0 Å². The monoisotopic (exact) mass is 290 g/mol. The standard InChI is InChI=1S/C19H30O2/c1-18-9-7-13(20)11-12(18)3-4-14-15-5-6-17(21)19(15,2)10-8-16(14)18/h3-4,12-17,20-21H,5-11H2,1-2H3/t12-,13+,14+,15+,16+,17-,18-,19-/m0/s1. The van der Waals surface area contributed by atoms with E-state index in [0.29, 0.717) is 23.2 Å². The van der Waals surface area contributed by atoms with Crippen molar-refractivity contribution in [3.63, 3.8) is 0 Å². The van der Waals surface area contributed by atoms with Crippen molar-refractivity contribution in [1.29, 1.82) is 0 Å². The van der Waals surface area contributed by atoms with Crippen molar-refractivity contribution in [2.45, 2.75) is 71.0 Å². The summed E-state index contributed by atoms with van der Waals surface area (Å²) in [6, 6.07) is 0. The zero-order valence-electron chi connectivity index (χ0n) is 13.5. The highest BCUT2D eigenvalue weighted by atomic mass is 16.3. The SMILES string of the molecule is C[C@]12CC[C@@H]3[C@H](C=C[C@H]4C[C@H](O)CC[C@]34C)[C@H]1CC[C@@H]2O. The largest absolute Gasteiger partial charge is 0.393 e. The van der Waals surface area contributed by atoms with Gasteiger partial charge in [0.1, 0.15) is 0 Å². The maximum absolute atomic E-state index is 10.4. The fraction of sp³-hybridized carbons (Fsp3) is 0.895. The molecule has 0 amide bonds. The molecule has 21 heavy (non-hydrogen) atoms. The van der Waals surface area contributed by atoms with E-state index in [1.165, 1.54) is 25.7 Å². The normalized spacial score (nSPS) is 59.2. The van der Waals surface area contributed by atoms with E-state index in [-0.39, 0.29) is 17.6 Å². The Morgan fingerprint density at radius 2 is 1.57 bits per heavy atom. The van der Waals surface area contributed by atoms with Crippen molar-refractivity contribution in [3.8, 4) is 0 Å². The topological polar surface area (TPSA) is 40.5 Å². The summed E-state index contributed by atoms with van der Waals surface area (Å²) in [5.74, 6) is 2.67. The van der Waals surface area contributed by atoms with Crippen LogP contribution in [0.4, 0.5) is 0 Å². The number of aliphatic hydroxyl groups excluding tert-OH is 2. The second kappa shape index (κ2) is 4.58. The molecule has 118 valence electrons. The van der Waals surface area contributed by atoms with Crippen LogP contribution in [0.15, 0.2) is 12.2 Å². The van der Waals surface area contributed by atoms with Crippen LogP contribution < -0.4 is 0 Å². The van der Waals surface area contributed by atoms with Crippen molar-refractivity contribution < 1.29 is 10.2 Å². The van der Waals surface area contributed by atoms with Crippen molar-refractivity contribution in [2.24, 2.45) is 34.5 Å². The summed E-state index contributed by atoms with van der Waals surface area (Å²) < 4.78 is 0. The predicted octanol–water partition coefficient (Wildman–Crippen LogP) is 3.53. The van der Waals surface area contributed by atoms with Crippen LogP contribution in [0.1, 0.15) is 58.8 Å². The van der Waals surface area contributed by atoms with Gasteiger partial charge in [0.2, 0.25) is 0 Å². The van der Waals surface area contributed by atoms with Gasteiger partial charge in [0.05, 0.1) is 12.2 Å². The first-order valence-electron chi connectivity index (χ1n) is 8.99. The molecule has 3 saturated carbocycles. The summed E-state index contributed by atoms with van der Waals surface area (Å²) >= 11 is 0. The molecule has 0 unspecified atom stereocenters. The number of hydrogen-bond donors (Lipinski definition) is 2. The van der Waals surface area contributed by atoms with Gasteiger partial charge in [0, 0.05) is 0 Å². The first-order valence-corrected chi connectivity index (χ1v) is 8.99. The molecule has 0 aliphatic heterocycles. The minimum absolute atomic E-state index is 0.0874. The van der Waals surface area contributed by atoms with E-state index in [2.05, 4.69) is 26.0 Å². The molecular formula is C19H30O2. The quantitative estimate of drug-likeness (QED) is 0.670. The van der Waals surface area contributed by atoms with Crippen LogP contribution in [0.5, 0.6) is 0 Å². The molecule has 4 aliphatic rings. The molecule has 2 nitrogen and oxygen atoms in total. The number of allylic oxidation sites excluding steroid dienone is 2. The van der Waals surface area contributed by atoms with E-state index in [1.807, 2.05) is 0 Å². The van der Waals surface area contributed by atoms with Crippen molar-refractivity contribution in [2.75, 3.05) is 0 Å². The van der Waals surface area contributed by atoms with Gasteiger partial charge >= 0.3 is 0 Å². The minimum Gasteiger partial charge on any atom is -0.393 e. The third-order valence-corrected chi connectivity index (χ3v) is 8.08. The highest BCUT2D eigenvalue weighted by Gasteiger charge is 2.58. The zero-order valence-corrected chi connectivity index (χ0v) is 13.5. The van der Waals surface area contributed by atoms with Crippen LogP contribution in [-0.4, -0.2) is 22.4 Å². The van der Waals surface area contributed by atoms with Gasteiger partial charge in [0.15, 0.2) is 0 Å². The highest BCUT2D eigenvalue weighted by molar-refractivity contribution is 5.18. The summed E-state index contributed by atoms with van der Waals surface area (Å²) in [6.45, 7) is 4.82. The van der Waals surface area contributed by atoms with Gasteiger partial charge in [-0.3, -0.25) is 0 Å². The van der Waals surface area contributed by atoms with Crippen molar-refractivity contribution in [3.05, 3.63) is 12.2 Å². The molecule has 8 atom stereocenters. The van der Waals surface area contributed by atoms with Crippen LogP contribution in [-0.2, 0) is 0 Å². The van der Waals surface area contributed by atoms with Crippen LogP contribution in [0.25, 0.3) is 0 Å². The molecule has 2 heteroatoms. The van der Waals surface area contributed by atoms with E-state index in [4.69, 9.17) is 0 Å². The van der Waals surface area contributed by atoms with Crippen LogP contribution in [0, 0.1) is 34.5 Å². The average Bonchev–Trinajstić information content (AvgIpc) is 2.76. The summed E-state index contributed by atoms with van der Waals surface area (Å²) in [7, 11) is 0. The molecular weight excluding hydrogens is 260 g/mol. The fourth-order valence-corrected chi connectivity index (χ4v) is 6.57. The summed E-state index contributed by atoms with van der Waals surface area (Å²) in [4.78, 5) is 0. The Bertz CT molecular complexity index is 458. The van der Waals surface area contributed by atoms with Crippen molar-refractivity contribution >= 4 is 0 Å². The molecule has 0 heterocycles. The van der Waals surface area contributed by atoms with Crippen molar-refractivity contribution in [1.82, 2.24) is 0 Å². The second-order valence-corrected chi connectivity index (χ2v) is 8.85. The summed E-state index contributed by atoms with van der Waals surface area (Å²) in [6.07, 6.45) is 12.5. The van der Waals surface area contributed by atoms with Gasteiger partial charge in [-0.15, -0.1) is 0 Å². The Morgan fingerprint density at radius 3 is 2.38 bits per heavy atom. The molecule has 0 saturated heterocycles. The minimum atomic E-state index is -0.0913. The lowest BCUT2D eigenvalue weighted by molar-refractivity contribution is -0.0894. The van der Waals surface area contributed by atoms with E-state index >= 15 is 0 Å². The van der Waals surface area contributed by atoms with Crippen LogP contribution in [0.2, 0.25) is 0 Å². The molecule has 4 rings (SSSR count). The van der Waals surface area contributed by atoms with E-state index < -0.39 is 0 Å². The Balaban J connectivity index is 1.68. The lowest BCUT2D eigenvalue weighted by atomic mass is 9.47. The van der Waals surface area contributed by atoms with E-state index in [1.54, 1.807) is 0 Å². The Morgan fingerprint density at radius 1 is 0.857 bits per heavy atom. The first kappa shape index (κ1) is 14.3. The maximum Gasteiger partial charge on any atom is 0.0596 e. The summed E-state index contributed by atoms with van der Waals surface area (Å²) in [5, 5.41) is 20.5. The van der Waals surface area contributed by atoms with Gasteiger partial charge in [-0.05, 0) is 79.4 Å².